The number of nitrogens with zero attached hydrogens (tertiary/aromatic N) is 2. The number of benzene rings is 1. The molecule has 0 unspecified atom stereocenters. The molecule has 1 aromatic heterocycles. The second-order valence-electron chi connectivity index (χ2n) is 5.11. The number of nitrogens with two attached hydrogens (primary N) is 1. The molecule has 0 aliphatic rings. The van der Waals surface area contributed by atoms with E-state index in [0.717, 1.165) is 0 Å². The van der Waals surface area contributed by atoms with Crippen molar-refractivity contribution in [2.45, 2.75) is 26.3 Å². The predicted octanol–water partition coefficient (Wildman–Crippen LogP) is 1.87. The Morgan fingerprint density at radius 3 is 2.37 bits per heavy atom. The van der Waals surface area contributed by atoms with Crippen molar-refractivity contribution in [3.8, 4) is 5.69 Å². The van der Waals surface area contributed by atoms with E-state index < -0.39 is 5.54 Å². The van der Waals surface area contributed by atoms with Gasteiger partial charge in [-0.1, -0.05) is 0 Å². The van der Waals surface area contributed by atoms with Crippen molar-refractivity contribution in [3.63, 3.8) is 0 Å². The zero-order valence-electron chi connectivity index (χ0n) is 11.1. The van der Waals surface area contributed by atoms with E-state index in [4.69, 9.17) is 5.73 Å². The monoisotopic (exact) mass is 261 g/mol. The molecule has 2 N–H and O–H groups in total. The molecule has 1 heterocycles. The summed E-state index contributed by atoms with van der Waals surface area (Å²) >= 11 is 0. The first kappa shape index (κ1) is 13.4. The zero-order valence-corrected chi connectivity index (χ0v) is 11.1. The van der Waals surface area contributed by atoms with Gasteiger partial charge in [-0.2, -0.15) is 5.10 Å². The van der Waals surface area contributed by atoms with Crippen LogP contribution in [0.25, 0.3) is 5.69 Å². The number of halogens is 1. The van der Waals surface area contributed by atoms with Gasteiger partial charge in [0.25, 0.3) is 0 Å². The number of hydrogen-bond acceptors (Lipinski definition) is 3. The van der Waals surface area contributed by atoms with Crippen LogP contribution in [0.2, 0.25) is 0 Å². The first-order valence-electron chi connectivity index (χ1n) is 5.95. The van der Waals surface area contributed by atoms with Gasteiger partial charge in [0.15, 0.2) is 0 Å². The SMILES string of the molecule is Cc1cc(=O)c(C(C)(C)N)nn1-c1ccc(F)cc1. The number of hydrogen-bond donors (Lipinski definition) is 1. The lowest BCUT2D eigenvalue weighted by molar-refractivity contribution is 0.510. The average Bonchev–Trinajstić information content (AvgIpc) is 2.29. The van der Waals surface area contributed by atoms with Gasteiger partial charge in [-0.05, 0) is 45.0 Å². The fourth-order valence-electron chi connectivity index (χ4n) is 1.84. The maximum Gasteiger partial charge on any atom is 0.205 e. The van der Waals surface area contributed by atoms with E-state index in [1.54, 1.807) is 37.6 Å². The fraction of sp³-hybridized carbons (Fsp3) is 0.286. The molecule has 0 atom stereocenters. The van der Waals surface area contributed by atoms with E-state index >= 15 is 0 Å². The molecule has 0 radical (unpaired) electrons. The van der Waals surface area contributed by atoms with E-state index in [1.807, 2.05) is 0 Å². The van der Waals surface area contributed by atoms with Crippen LogP contribution in [-0.4, -0.2) is 9.78 Å². The molecule has 0 aliphatic heterocycles. The average molecular weight is 261 g/mol. The van der Waals surface area contributed by atoms with E-state index in [-0.39, 0.29) is 16.9 Å². The summed E-state index contributed by atoms with van der Waals surface area (Å²) in [5.74, 6) is -0.318. The smallest absolute Gasteiger partial charge is 0.205 e. The Kier molecular flexibility index (Phi) is 3.24. The number of rotatable bonds is 2. The molecule has 0 spiro atoms. The Bertz CT molecular complexity index is 654. The molecule has 0 bridgehead atoms. The molecular weight excluding hydrogens is 245 g/mol. The molecule has 2 rings (SSSR count). The van der Waals surface area contributed by atoms with Gasteiger partial charge in [0.1, 0.15) is 11.5 Å². The van der Waals surface area contributed by atoms with Gasteiger partial charge in [-0.15, -0.1) is 0 Å². The molecule has 2 aromatic rings. The maximum absolute atomic E-state index is 12.9. The van der Waals surface area contributed by atoms with Gasteiger partial charge >= 0.3 is 0 Å². The number of aryl methyl sites for hydroxylation is 1. The van der Waals surface area contributed by atoms with Crippen LogP contribution >= 0.6 is 0 Å². The van der Waals surface area contributed by atoms with Crippen LogP contribution in [0.1, 0.15) is 25.2 Å². The van der Waals surface area contributed by atoms with Crippen LogP contribution in [0, 0.1) is 12.7 Å². The zero-order chi connectivity index (χ0) is 14.2. The maximum atomic E-state index is 12.9. The van der Waals surface area contributed by atoms with E-state index in [0.29, 0.717) is 11.4 Å². The van der Waals surface area contributed by atoms with Crippen LogP contribution in [0.15, 0.2) is 35.1 Å². The first-order valence-corrected chi connectivity index (χ1v) is 5.95. The summed E-state index contributed by atoms with van der Waals surface area (Å²) in [7, 11) is 0. The largest absolute Gasteiger partial charge is 0.320 e. The summed E-state index contributed by atoms with van der Waals surface area (Å²) in [5.41, 5.74) is 6.56. The molecule has 0 amide bonds. The highest BCUT2D eigenvalue weighted by molar-refractivity contribution is 5.33. The Morgan fingerprint density at radius 1 is 1.26 bits per heavy atom. The molecule has 0 saturated carbocycles. The highest BCUT2D eigenvalue weighted by atomic mass is 19.1. The summed E-state index contributed by atoms with van der Waals surface area (Å²) in [5, 5.41) is 4.30. The molecule has 4 nitrogen and oxygen atoms in total. The van der Waals surface area contributed by atoms with Crippen molar-refractivity contribution in [2.24, 2.45) is 5.73 Å². The van der Waals surface area contributed by atoms with E-state index in [1.165, 1.54) is 18.2 Å². The van der Waals surface area contributed by atoms with Crippen LogP contribution in [0.5, 0.6) is 0 Å². The van der Waals surface area contributed by atoms with Crippen molar-refractivity contribution in [2.75, 3.05) is 0 Å². The summed E-state index contributed by atoms with van der Waals surface area (Å²) in [6.07, 6.45) is 0. The summed E-state index contributed by atoms with van der Waals surface area (Å²) in [4.78, 5) is 11.9. The quantitative estimate of drug-likeness (QED) is 0.897. The minimum absolute atomic E-state index is 0.191. The van der Waals surface area contributed by atoms with Crippen LogP contribution in [0.4, 0.5) is 4.39 Å². The molecular formula is C14H16FN3O. The van der Waals surface area contributed by atoms with Gasteiger partial charge in [-0.3, -0.25) is 4.79 Å². The van der Waals surface area contributed by atoms with Crippen molar-refractivity contribution in [1.29, 1.82) is 0 Å². The number of aromatic nitrogens is 2. The molecule has 0 aliphatic carbocycles. The molecule has 0 saturated heterocycles. The molecule has 100 valence electrons. The van der Waals surface area contributed by atoms with Gasteiger partial charge < -0.3 is 5.73 Å². The van der Waals surface area contributed by atoms with Gasteiger partial charge in [0.05, 0.1) is 11.2 Å². The topological polar surface area (TPSA) is 60.9 Å². The normalized spacial score (nSPS) is 11.6. The third-order valence-electron chi connectivity index (χ3n) is 2.79. The first-order chi connectivity index (χ1) is 8.79. The predicted molar refractivity (Wildman–Crippen MR) is 71.7 cm³/mol. The van der Waals surface area contributed by atoms with Crippen LogP contribution in [-0.2, 0) is 5.54 Å². The third-order valence-corrected chi connectivity index (χ3v) is 2.79. The standard InChI is InChI=1S/C14H16FN3O/c1-9-8-12(19)13(14(2,3)16)17-18(9)11-6-4-10(15)5-7-11/h4-8H,16H2,1-3H3. The minimum atomic E-state index is -0.827. The Morgan fingerprint density at radius 2 is 1.84 bits per heavy atom. The van der Waals surface area contributed by atoms with Crippen molar-refractivity contribution >= 4 is 0 Å². The summed E-state index contributed by atoms with van der Waals surface area (Å²) in [6, 6.07) is 7.39. The van der Waals surface area contributed by atoms with E-state index in [2.05, 4.69) is 5.10 Å². The van der Waals surface area contributed by atoms with Gasteiger partial charge in [-0.25, -0.2) is 9.07 Å². The van der Waals surface area contributed by atoms with Crippen molar-refractivity contribution in [3.05, 3.63) is 57.8 Å². The third kappa shape index (κ3) is 2.71. The highest BCUT2D eigenvalue weighted by Gasteiger charge is 2.21. The van der Waals surface area contributed by atoms with Crippen molar-refractivity contribution < 1.29 is 4.39 Å². The molecule has 1 aromatic carbocycles. The second kappa shape index (κ2) is 4.59. The lowest BCUT2D eigenvalue weighted by Crippen LogP contribution is -2.37. The summed E-state index contributed by atoms with van der Waals surface area (Å²) in [6.45, 7) is 5.22. The fourth-order valence-corrected chi connectivity index (χ4v) is 1.84. The highest BCUT2D eigenvalue weighted by Crippen LogP contribution is 2.14. The van der Waals surface area contributed by atoms with Gasteiger partial charge in [0, 0.05) is 11.8 Å². The Balaban J connectivity index is 2.64. The Hall–Kier alpha value is -2.01. The van der Waals surface area contributed by atoms with Crippen molar-refractivity contribution in [1.82, 2.24) is 9.78 Å². The van der Waals surface area contributed by atoms with Crippen LogP contribution < -0.4 is 11.2 Å². The van der Waals surface area contributed by atoms with Crippen LogP contribution in [0.3, 0.4) is 0 Å². The molecule has 0 fully saturated rings. The lowest BCUT2D eigenvalue weighted by Gasteiger charge is -2.19. The minimum Gasteiger partial charge on any atom is -0.320 e. The molecule has 5 heteroatoms. The second-order valence-corrected chi connectivity index (χ2v) is 5.11. The van der Waals surface area contributed by atoms with E-state index in [9.17, 15) is 9.18 Å². The summed E-state index contributed by atoms with van der Waals surface area (Å²) < 4.78 is 14.5. The lowest BCUT2D eigenvalue weighted by atomic mass is 10.0. The molecule has 19 heavy (non-hydrogen) atoms. The Labute approximate surface area is 110 Å². The van der Waals surface area contributed by atoms with Gasteiger partial charge in [0.2, 0.25) is 5.43 Å².